The number of nitrogens with zero attached hydrogens (tertiary/aromatic N) is 2. The summed E-state index contributed by atoms with van der Waals surface area (Å²) in [5.41, 5.74) is 1.92. The van der Waals surface area contributed by atoms with Crippen molar-refractivity contribution < 1.29 is 4.79 Å². The number of carbonyl (C=O) groups excluding carboxylic acids is 1. The first-order valence-corrected chi connectivity index (χ1v) is 7.46. The molecule has 23 heavy (non-hydrogen) atoms. The van der Waals surface area contributed by atoms with Gasteiger partial charge < -0.3 is 5.32 Å². The number of rotatable bonds is 3. The van der Waals surface area contributed by atoms with Gasteiger partial charge in [0.25, 0.3) is 11.5 Å². The summed E-state index contributed by atoms with van der Waals surface area (Å²) < 4.78 is 1.19. The van der Waals surface area contributed by atoms with E-state index in [1.807, 2.05) is 24.3 Å². The van der Waals surface area contributed by atoms with E-state index in [4.69, 9.17) is 0 Å². The fourth-order valence-electron chi connectivity index (χ4n) is 2.48. The minimum absolute atomic E-state index is 0.218. The lowest BCUT2D eigenvalue weighted by Crippen LogP contribution is -2.25. The fourth-order valence-corrected chi connectivity index (χ4v) is 2.48. The number of benzene rings is 2. The lowest BCUT2D eigenvalue weighted by atomic mass is 10.1. The summed E-state index contributed by atoms with van der Waals surface area (Å²) in [7, 11) is 1.54. The molecule has 3 rings (SSSR count). The molecule has 1 aromatic heterocycles. The summed E-state index contributed by atoms with van der Waals surface area (Å²) >= 11 is 0. The van der Waals surface area contributed by atoms with Crippen LogP contribution in [0.2, 0.25) is 0 Å². The van der Waals surface area contributed by atoms with Crippen LogP contribution in [0, 0.1) is 0 Å². The molecular weight excluding hydrogens is 290 g/mol. The Hall–Kier alpha value is -2.95. The van der Waals surface area contributed by atoms with Gasteiger partial charge in [-0.05, 0) is 30.2 Å². The lowest BCUT2D eigenvalue weighted by molar-refractivity contribution is 0.102. The summed E-state index contributed by atoms with van der Waals surface area (Å²) in [4.78, 5) is 24.7. The van der Waals surface area contributed by atoms with E-state index in [1.165, 1.54) is 10.2 Å². The molecule has 5 heteroatoms. The Labute approximate surface area is 133 Å². The van der Waals surface area contributed by atoms with Crippen molar-refractivity contribution in [1.29, 1.82) is 0 Å². The third-order valence-electron chi connectivity index (χ3n) is 3.79. The van der Waals surface area contributed by atoms with Crippen LogP contribution < -0.4 is 10.9 Å². The molecule has 0 aliphatic carbocycles. The summed E-state index contributed by atoms with van der Waals surface area (Å²) in [5, 5.41) is 7.99. The molecule has 116 valence electrons. The molecule has 0 atom stereocenters. The Morgan fingerprint density at radius 2 is 1.74 bits per heavy atom. The highest BCUT2D eigenvalue weighted by atomic mass is 16.2. The number of aryl methyl sites for hydroxylation is 2. The topological polar surface area (TPSA) is 64.0 Å². The summed E-state index contributed by atoms with van der Waals surface area (Å²) in [6.07, 6.45) is 0.946. The van der Waals surface area contributed by atoms with E-state index in [0.29, 0.717) is 16.5 Å². The van der Waals surface area contributed by atoms with Gasteiger partial charge in [0.05, 0.1) is 5.39 Å². The van der Waals surface area contributed by atoms with E-state index < -0.39 is 0 Å². The third-order valence-corrected chi connectivity index (χ3v) is 3.79. The Balaban J connectivity index is 2.00. The molecule has 1 amide bonds. The number of nitrogens with one attached hydrogen (secondary N) is 1. The molecule has 0 saturated carbocycles. The highest BCUT2D eigenvalue weighted by Crippen LogP contribution is 2.16. The second-order valence-corrected chi connectivity index (χ2v) is 5.33. The van der Waals surface area contributed by atoms with Crippen LogP contribution in [0.25, 0.3) is 10.8 Å². The summed E-state index contributed by atoms with van der Waals surface area (Å²) in [6.45, 7) is 2.08. The van der Waals surface area contributed by atoms with Crippen LogP contribution in [-0.4, -0.2) is 15.7 Å². The predicted molar refractivity (Wildman–Crippen MR) is 90.8 cm³/mol. The number of aromatic nitrogens is 2. The quantitative estimate of drug-likeness (QED) is 0.809. The molecular formula is C18H17N3O2. The predicted octanol–water partition coefficient (Wildman–Crippen LogP) is 2.75. The molecule has 0 fully saturated rings. The largest absolute Gasteiger partial charge is 0.321 e. The number of carbonyl (C=O) groups is 1. The molecule has 3 aromatic rings. The van der Waals surface area contributed by atoms with E-state index in [-0.39, 0.29) is 17.2 Å². The molecule has 1 heterocycles. The Morgan fingerprint density at radius 3 is 2.39 bits per heavy atom. The molecule has 2 aromatic carbocycles. The normalized spacial score (nSPS) is 10.7. The maximum Gasteiger partial charge on any atom is 0.276 e. The van der Waals surface area contributed by atoms with Crippen LogP contribution in [0.4, 0.5) is 5.69 Å². The van der Waals surface area contributed by atoms with Gasteiger partial charge in [-0.3, -0.25) is 9.59 Å². The van der Waals surface area contributed by atoms with Gasteiger partial charge >= 0.3 is 0 Å². The maximum atomic E-state index is 12.6. The number of anilines is 1. The minimum atomic E-state index is -0.332. The molecule has 0 aliphatic heterocycles. The van der Waals surface area contributed by atoms with Crippen molar-refractivity contribution in [1.82, 2.24) is 9.78 Å². The molecule has 0 aliphatic rings. The maximum absolute atomic E-state index is 12.6. The van der Waals surface area contributed by atoms with Crippen molar-refractivity contribution in [2.45, 2.75) is 13.3 Å². The molecule has 5 nitrogen and oxygen atoms in total. The van der Waals surface area contributed by atoms with E-state index >= 15 is 0 Å². The van der Waals surface area contributed by atoms with Gasteiger partial charge in [0, 0.05) is 18.1 Å². The van der Waals surface area contributed by atoms with Gasteiger partial charge in [-0.1, -0.05) is 37.3 Å². The van der Waals surface area contributed by atoms with E-state index in [0.717, 1.165) is 6.42 Å². The smallest absolute Gasteiger partial charge is 0.276 e. The summed E-state index contributed by atoms with van der Waals surface area (Å²) in [6, 6.07) is 14.7. The molecule has 0 radical (unpaired) electrons. The first kappa shape index (κ1) is 15.0. The Morgan fingerprint density at radius 1 is 1.09 bits per heavy atom. The average molecular weight is 307 g/mol. The lowest BCUT2D eigenvalue weighted by Gasteiger charge is -2.09. The Bertz CT molecular complexity index is 927. The number of fused-ring (bicyclic) bond motifs is 1. The molecule has 0 saturated heterocycles. The van der Waals surface area contributed by atoms with Crippen molar-refractivity contribution in [3.8, 4) is 0 Å². The van der Waals surface area contributed by atoms with Crippen LogP contribution >= 0.6 is 0 Å². The molecule has 0 unspecified atom stereocenters. The first-order valence-electron chi connectivity index (χ1n) is 7.46. The number of amides is 1. The molecule has 1 N–H and O–H groups in total. The van der Waals surface area contributed by atoms with Crippen molar-refractivity contribution >= 4 is 22.4 Å². The van der Waals surface area contributed by atoms with E-state index in [1.54, 1.807) is 31.3 Å². The zero-order chi connectivity index (χ0) is 16.4. The first-order chi connectivity index (χ1) is 11.1. The standard InChI is InChI=1S/C18H17N3O2/c1-3-12-8-10-13(11-9-12)19-17(22)16-14-6-4-5-7-15(14)18(23)21(2)20-16/h4-11H,3H2,1-2H3,(H,19,22). The fraction of sp³-hybridized carbons (Fsp3) is 0.167. The third kappa shape index (κ3) is 2.85. The SMILES string of the molecule is CCc1ccc(NC(=O)c2nn(C)c(=O)c3ccccc23)cc1. The van der Waals surface area contributed by atoms with Crippen LogP contribution in [0.1, 0.15) is 23.0 Å². The van der Waals surface area contributed by atoms with E-state index in [9.17, 15) is 9.59 Å². The van der Waals surface area contributed by atoms with Crippen LogP contribution in [0.5, 0.6) is 0 Å². The second kappa shape index (κ2) is 6.04. The van der Waals surface area contributed by atoms with Crippen molar-refractivity contribution in [2.24, 2.45) is 7.05 Å². The van der Waals surface area contributed by atoms with Gasteiger partial charge in [-0.2, -0.15) is 5.10 Å². The number of hydrogen-bond donors (Lipinski definition) is 1. The second-order valence-electron chi connectivity index (χ2n) is 5.33. The van der Waals surface area contributed by atoms with Gasteiger partial charge in [0.2, 0.25) is 0 Å². The number of hydrogen-bond acceptors (Lipinski definition) is 3. The van der Waals surface area contributed by atoms with Gasteiger partial charge in [-0.15, -0.1) is 0 Å². The van der Waals surface area contributed by atoms with Gasteiger partial charge in [0.1, 0.15) is 0 Å². The van der Waals surface area contributed by atoms with Crippen LogP contribution in [-0.2, 0) is 13.5 Å². The average Bonchev–Trinajstić information content (AvgIpc) is 2.58. The zero-order valence-corrected chi connectivity index (χ0v) is 13.0. The van der Waals surface area contributed by atoms with Gasteiger partial charge in [0.15, 0.2) is 5.69 Å². The minimum Gasteiger partial charge on any atom is -0.321 e. The van der Waals surface area contributed by atoms with Crippen LogP contribution in [0.3, 0.4) is 0 Å². The van der Waals surface area contributed by atoms with Crippen molar-refractivity contribution in [3.05, 3.63) is 70.1 Å². The summed E-state index contributed by atoms with van der Waals surface area (Å²) in [5.74, 6) is -0.332. The van der Waals surface area contributed by atoms with Crippen molar-refractivity contribution in [3.63, 3.8) is 0 Å². The molecule has 0 bridgehead atoms. The highest BCUT2D eigenvalue weighted by molar-refractivity contribution is 6.11. The van der Waals surface area contributed by atoms with Crippen LogP contribution in [0.15, 0.2) is 53.3 Å². The van der Waals surface area contributed by atoms with E-state index in [2.05, 4.69) is 17.3 Å². The molecule has 0 spiro atoms. The van der Waals surface area contributed by atoms with Gasteiger partial charge in [-0.25, -0.2) is 4.68 Å². The highest BCUT2D eigenvalue weighted by Gasteiger charge is 2.15. The van der Waals surface area contributed by atoms with Crippen molar-refractivity contribution in [2.75, 3.05) is 5.32 Å². The zero-order valence-electron chi connectivity index (χ0n) is 13.0. The Kier molecular flexibility index (Phi) is 3.93. The monoisotopic (exact) mass is 307 g/mol.